The van der Waals surface area contributed by atoms with E-state index in [4.69, 9.17) is 6.42 Å². The zero-order valence-electron chi connectivity index (χ0n) is 14.1. The van der Waals surface area contributed by atoms with Crippen LogP contribution in [0, 0.1) is 12.3 Å². The Hall–Kier alpha value is -3.18. The van der Waals surface area contributed by atoms with Gasteiger partial charge in [-0.3, -0.25) is 0 Å². The van der Waals surface area contributed by atoms with E-state index in [2.05, 4.69) is 88.5 Å². The van der Waals surface area contributed by atoms with Crippen LogP contribution in [-0.2, 0) is 13.1 Å². The second-order valence-corrected chi connectivity index (χ2v) is 6.36. The lowest BCUT2D eigenvalue weighted by molar-refractivity contribution is 0.763. The van der Waals surface area contributed by atoms with Gasteiger partial charge < -0.3 is 9.80 Å². The first-order valence-electron chi connectivity index (χ1n) is 8.52. The Balaban J connectivity index is 1.65. The average Bonchev–Trinajstić information content (AvgIpc) is 3.00. The summed E-state index contributed by atoms with van der Waals surface area (Å²) < 4.78 is 0. The van der Waals surface area contributed by atoms with Gasteiger partial charge in [0.05, 0.1) is 18.0 Å². The number of terminal acetylenes is 1. The summed E-state index contributed by atoms with van der Waals surface area (Å²) in [5, 5.41) is 0. The highest BCUT2D eigenvalue weighted by atomic mass is 15.4. The van der Waals surface area contributed by atoms with Crippen LogP contribution in [0.3, 0.4) is 0 Å². The number of nitrogens with zero attached hydrogens (tertiary/aromatic N) is 2. The van der Waals surface area contributed by atoms with Crippen molar-refractivity contribution in [3.8, 4) is 12.3 Å². The summed E-state index contributed by atoms with van der Waals surface area (Å²) in [5.41, 5.74) is 6.02. The minimum absolute atomic E-state index is 0.868. The standard InChI is InChI=1S/C23H20N2/c1-2-19-13-14-22-23(15-19)25(17-21-11-7-4-8-12-21)18-24(22)16-20-9-5-3-6-10-20/h1,3-15H,16-18H2. The van der Waals surface area contributed by atoms with E-state index < -0.39 is 0 Å². The van der Waals surface area contributed by atoms with E-state index in [9.17, 15) is 0 Å². The summed E-state index contributed by atoms with van der Waals surface area (Å²) in [6.45, 7) is 2.65. The van der Waals surface area contributed by atoms with Gasteiger partial charge in [0.1, 0.15) is 0 Å². The highest BCUT2D eigenvalue weighted by molar-refractivity contribution is 5.78. The molecule has 3 aromatic rings. The van der Waals surface area contributed by atoms with Crippen LogP contribution in [0.1, 0.15) is 16.7 Å². The van der Waals surface area contributed by atoms with Crippen molar-refractivity contribution in [2.75, 3.05) is 16.5 Å². The fourth-order valence-electron chi connectivity index (χ4n) is 3.37. The summed E-state index contributed by atoms with van der Waals surface area (Å²) in [5.74, 6) is 2.76. The number of fused-ring (bicyclic) bond motifs is 1. The van der Waals surface area contributed by atoms with Gasteiger partial charge in [0.15, 0.2) is 0 Å². The fourth-order valence-corrected chi connectivity index (χ4v) is 3.37. The first-order valence-corrected chi connectivity index (χ1v) is 8.52. The summed E-state index contributed by atoms with van der Waals surface area (Å²) in [6.07, 6.45) is 5.62. The Bertz CT molecular complexity index is 894. The molecular formula is C23H20N2. The second kappa shape index (κ2) is 6.75. The molecular weight excluding hydrogens is 304 g/mol. The minimum atomic E-state index is 0.868. The average molecular weight is 324 g/mol. The third-order valence-electron chi connectivity index (χ3n) is 4.60. The lowest BCUT2D eigenvalue weighted by atomic mass is 10.1. The van der Waals surface area contributed by atoms with Gasteiger partial charge in [0.25, 0.3) is 0 Å². The number of rotatable bonds is 4. The maximum atomic E-state index is 5.62. The van der Waals surface area contributed by atoms with Crippen LogP contribution in [0.5, 0.6) is 0 Å². The molecule has 0 bridgehead atoms. The Morgan fingerprint density at radius 2 is 1.28 bits per heavy atom. The van der Waals surface area contributed by atoms with Crippen molar-refractivity contribution in [3.63, 3.8) is 0 Å². The van der Waals surface area contributed by atoms with Crippen molar-refractivity contribution >= 4 is 11.4 Å². The molecule has 0 saturated heterocycles. The molecule has 0 aromatic heterocycles. The molecule has 0 unspecified atom stereocenters. The molecule has 4 rings (SSSR count). The molecule has 0 fully saturated rings. The van der Waals surface area contributed by atoms with E-state index in [1.165, 1.54) is 22.5 Å². The third-order valence-corrected chi connectivity index (χ3v) is 4.60. The van der Waals surface area contributed by atoms with Gasteiger partial charge in [-0.15, -0.1) is 6.42 Å². The van der Waals surface area contributed by atoms with E-state index in [-0.39, 0.29) is 0 Å². The minimum Gasteiger partial charge on any atom is -0.348 e. The highest BCUT2D eigenvalue weighted by Crippen LogP contribution is 2.38. The van der Waals surface area contributed by atoms with E-state index in [1.807, 2.05) is 6.07 Å². The van der Waals surface area contributed by atoms with Crippen molar-refractivity contribution in [2.24, 2.45) is 0 Å². The first kappa shape index (κ1) is 15.4. The monoisotopic (exact) mass is 324 g/mol. The van der Waals surface area contributed by atoms with Gasteiger partial charge in [-0.05, 0) is 29.3 Å². The van der Waals surface area contributed by atoms with Crippen molar-refractivity contribution in [1.82, 2.24) is 0 Å². The molecule has 0 atom stereocenters. The van der Waals surface area contributed by atoms with E-state index >= 15 is 0 Å². The summed E-state index contributed by atoms with van der Waals surface area (Å²) in [6, 6.07) is 27.5. The van der Waals surface area contributed by atoms with Gasteiger partial charge in [-0.25, -0.2) is 0 Å². The van der Waals surface area contributed by atoms with E-state index in [0.717, 1.165) is 25.3 Å². The molecule has 1 heterocycles. The van der Waals surface area contributed by atoms with E-state index in [0.29, 0.717) is 0 Å². The molecule has 25 heavy (non-hydrogen) atoms. The Kier molecular flexibility index (Phi) is 4.14. The molecule has 0 radical (unpaired) electrons. The van der Waals surface area contributed by atoms with Crippen LogP contribution >= 0.6 is 0 Å². The van der Waals surface area contributed by atoms with Gasteiger partial charge in [0.2, 0.25) is 0 Å². The number of anilines is 2. The summed E-state index contributed by atoms with van der Waals surface area (Å²) in [4.78, 5) is 4.81. The maximum Gasteiger partial charge on any atom is 0.0911 e. The van der Waals surface area contributed by atoms with E-state index in [1.54, 1.807) is 0 Å². The zero-order chi connectivity index (χ0) is 17.1. The lowest BCUT2D eigenvalue weighted by Gasteiger charge is -2.22. The molecule has 2 nitrogen and oxygen atoms in total. The van der Waals surface area contributed by atoms with Crippen LogP contribution in [0.25, 0.3) is 0 Å². The Morgan fingerprint density at radius 3 is 1.84 bits per heavy atom. The molecule has 122 valence electrons. The maximum absolute atomic E-state index is 5.62. The lowest BCUT2D eigenvalue weighted by Crippen LogP contribution is -2.30. The third kappa shape index (κ3) is 3.22. The molecule has 1 aliphatic rings. The smallest absolute Gasteiger partial charge is 0.0911 e. The van der Waals surface area contributed by atoms with Crippen molar-refractivity contribution in [1.29, 1.82) is 0 Å². The molecule has 0 saturated carbocycles. The summed E-state index contributed by atoms with van der Waals surface area (Å²) >= 11 is 0. The van der Waals surface area contributed by atoms with Crippen LogP contribution in [0.15, 0.2) is 78.9 Å². The predicted molar refractivity (Wildman–Crippen MR) is 104 cm³/mol. The van der Waals surface area contributed by atoms with Crippen LogP contribution in [0.4, 0.5) is 11.4 Å². The first-order chi connectivity index (χ1) is 12.3. The number of hydrogen-bond donors (Lipinski definition) is 0. The Morgan fingerprint density at radius 1 is 0.720 bits per heavy atom. The Labute approximate surface area is 149 Å². The van der Waals surface area contributed by atoms with Crippen LogP contribution < -0.4 is 9.80 Å². The quantitative estimate of drug-likeness (QED) is 0.644. The predicted octanol–water partition coefficient (Wildman–Crippen LogP) is 4.65. The molecule has 0 N–H and O–H groups in total. The van der Waals surface area contributed by atoms with Crippen LogP contribution in [0.2, 0.25) is 0 Å². The van der Waals surface area contributed by atoms with Crippen LogP contribution in [-0.4, -0.2) is 6.67 Å². The number of benzene rings is 3. The van der Waals surface area contributed by atoms with Gasteiger partial charge >= 0.3 is 0 Å². The SMILES string of the molecule is C#Cc1ccc2c(c1)N(Cc1ccccc1)CN2Cc1ccccc1. The molecule has 2 heteroatoms. The normalized spacial score (nSPS) is 12.8. The topological polar surface area (TPSA) is 6.48 Å². The van der Waals surface area contributed by atoms with Gasteiger partial charge in [-0.2, -0.15) is 0 Å². The second-order valence-electron chi connectivity index (χ2n) is 6.36. The number of hydrogen-bond acceptors (Lipinski definition) is 2. The van der Waals surface area contributed by atoms with Crippen molar-refractivity contribution in [3.05, 3.63) is 95.6 Å². The van der Waals surface area contributed by atoms with Gasteiger partial charge in [-0.1, -0.05) is 66.6 Å². The highest BCUT2D eigenvalue weighted by Gasteiger charge is 2.26. The molecule has 1 aliphatic heterocycles. The largest absolute Gasteiger partial charge is 0.348 e. The molecule has 0 spiro atoms. The fraction of sp³-hybridized carbons (Fsp3) is 0.130. The summed E-state index contributed by atoms with van der Waals surface area (Å²) in [7, 11) is 0. The molecule has 3 aromatic carbocycles. The molecule has 0 amide bonds. The zero-order valence-corrected chi connectivity index (χ0v) is 14.1. The molecule has 0 aliphatic carbocycles. The van der Waals surface area contributed by atoms with Crippen molar-refractivity contribution < 1.29 is 0 Å². The van der Waals surface area contributed by atoms with Crippen molar-refractivity contribution in [2.45, 2.75) is 13.1 Å². The van der Waals surface area contributed by atoms with Gasteiger partial charge in [0, 0.05) is 18.7 Å².